The van der Waals surface area contributed by atoms with Gasteiger partial charge in [-0.3, -0.25) is 23.9 Å². The van der Waals surface area contributed by atoms with Crippen LogP contribution in [-0.4, -0.2) is 37.1 Å². The second-order valence-corrected chi connectivity index (χ2v) is 10.7. The minimum absolute atomic E-state index is 0.00285. The smallest absolute Gasteiger partial charge is 0.272 e. The Balaban J connectivity index is 1.61. The number of aromatic nitrogens is 1. The zero-order chi connectivity index (χ0) is 27.6. The molecular weight excluding hydrogens is 518 g/mol. The molecule has 0 aliphatic carbocycles. The molecule has 0 radical (unpaired) electrons. The second-order valence-electron chi connectivity index (χ2n) is 8.99. The molecule has 9 heteroatoms. The fraction of sp³-hybridized carbons (Fsp3) is 0.207. The molecule has 1 amide bonds. The van der Waals surface area contributed by atoms with Gasteiger partial charge >= 0.3 is 0 Å². The maximum Gasteiger partial charge on any atom is 0.272 e. The Morgan fingerprint density at radius 2 is 1.79 bits per heavy atom. The van der Waals surface area contributed by atoms with Gasteiger partial charge in [0.2, 0.25) is 5.88 Å². The molecule has 4 rings (SSSR count). The van der Waals surface area contributed by atoms with E-state index in [4.69, 9.17) is 12.2 Å². The summed E-state index contributed by atoms with van der Waals surface area (Å²) in [6.07, 6.45) is 1.61. The summed E-state index contributed by atoms with van der Waals surface area (Å²) in [5.74, 6) is -1.30. The number of thiocarbonyl (C=S) groups is 1. The average molecular weight is 544 g/mol. The molecule has 0 spiro atoms. The molecule has 192 valence electrons. The van der Waals surface area contributed by atoms with E-state index in [1.807, 2.05) is 43.3 Å². The van der Waals surface area contributed by atoms with E-state index in [1.165, 1.54) is 23.6 Å². The van der Waals surface area contributed by atoms with Crippen LogP contribution >= 0.6 is 24.0 Å². The highest BCUT2D eigenvalue weighted by molar-refractivity contribution is 8.26. The van der Waals surface area contributed by atoms with Gasteiger partial charge in [0.25, 0.3) is 11.5 Å². The highest BCUT2D eigenvalue weighted by atomic mass is 32.2. The van der Waals surface area contributed by atoms with Crippen molar-refractivity contribution in [2.45, 2.75) is 33.2 Å². The number of carbonyl (C=O) groups excluding carboxylic acids is 2. The predicted octanol–water partition coefficient (Wildman–Crippen LogP) is 5.13. The van der Waals surface area contributed by atoms with Gasteiger partial charge in [0, 0.05) is 13.0 Å². The van der Waals surface area contributed by atoms with Gasteiger partial charge in [-0.25, -0.2) is 0 Å². The molecule has 1 aliphatic rings. The van der Waals surface area contributed by atoms with Crippen molar-refractivity contribution in [3.8, 4) is 11.9 Å². The van der Waals surface area contributed by atoms with Gasteiger partial charge < -0.3 is 5.11 Å². The minimum Gasteiger partial charge on any atom is -0.494 e. The molecule has 0 bridgehead atoms. The lowest BCUT2D eigenvalue weighted by atomic mass is 9.98. The minimum atomic E-state index is -0.673. The maximum atomic E-state index is 13.4. The van der Waals surface area contributed by atoms with Crippen molar-refractivity contribution in [1.29, 1.82) is 5.26 Å². The summed E-state index contributed by atoms with van der Waals surface area (Å²) < 4.78 is 1.40. The summed E-state index contributed by atoms with van der Waals surface area (Å²) in [6, 6.07) is 18.0. The fourth-order valence-electron chi connectivity index (χ4n) is 4.34. The quantitative estimate of drug-likeness (QED) is 0.250. The maximum absolute atomic E-state index is 13.4. The summed E-state index contributed by atoms with van der Waals surface area (Å²) in [6.45, 7) is 5.16. The van der Waals surface area contributed by atoms with Crippen LogP contribution in [0.25, 0.3) is 6.08 Å². The van der Waals surface area contributed by atoms with Crippen molar-refractivity contribution in [3.63, 3.8) is 0 Å². The molecule has 1 N–H and O–H groups in total. The van der Waals surface area contributed by atoms with Gasteiger partial charge in [-0.1, -0.05) is 84.1 Å². The first kappa shape index (κ1) is 27.0. The Labute approximate surface area is 230 Å². The third-order valence-electron chi connectivity index (χ3n) is 6.51. The molecule has 1 unspecified atom stereocenters. The number of carbonyl (C=O) groups is 2. The number of nitrogens with zero attached hydrogens (tertiary/aromatic N) is 3. The van der Waals surface area contributed by atoms with Crippen LogP contribution in [0.15, 0.2) is 64.3 Å². The Kier molecular flexibility index (Phi) is 7.95. The standard InChI is InChI=1S/C29H25N3O4S2/c1-17-9-11-20(12-10-17)15-24-27(35)31(29(37)38-24)14-13-23(33)25-18(2)22(16-30)26(34)32(28(25)36)19(3)21-7-5-4-6-8-21/h4-12,15,19,36H,13-14H2,1-3H3/b24-15-. The van der Waals surface area contributed by atoms with Crippen molar-refractivity contribution in [1.82, 2.24) is 9.47 Å². The molecule has 1 saturated heterocycles. The van der Waals surface area contributed by atoms with E-state index in [0.29, 0.717) is 9.23 Å². The van der Waals surface area contributed by atoms with Crippen molar-refractivity contribution >= 4 is 46.1 Å². The first-order valence-electron chi connectivity index (χ1n) is 11.9. The number of thioether (sulfide) groups is 1. The zero-order valence-corrected chi connectivity index (χ0v) is 22.7. The van der Waals surface area contributed by atoms with Gasteiger partial charge in [0.1, 0.15) is 16.0 Å². The molecule has 2 heterocycles. The predicted molar refractivity (Wildman–Crippen MR) is 152 cm³/mol. The number of ketones is 1. The molecule has 1 fully saturated rings. The number of aryl methyl sites for hydroxylation is 1. The van der Waals surface area contributed by atoms with E-state index in [9.17, 15) is 24.8 Å². The Bertz CT molecular complexity index is 1570. The van der Waals surface area contributed by atoms with E-state index in [2.05, 4.69) is 0 Å². The lowest BCUT2D eigenvalue weighted by molar-refractivity contribution is -0.122. The van der Waals surface area contributed by atoms with Crippen LogP contribution in [0.2, 0.25) is 0 Å². The molecule has 0 saturated carbocycles. The summed E-state index contributed by atoms with van der Waals surface area (Å²) in [5, 5.41) is 20.8. The van der Waals surface area contributed by atoms with Crippen molar-refractivity contribution in [2.75, 3.05) is 6.54 Å². The summed E-state index contributed by atoms with van der Waals surface area (Å²) >= 11 is 6.56. The normalized spacial score (nSPS) is 15.1. The van der Waals surface area contributed by atoms with Gasteiger partial charge in [0.05, 0.1) is 16.5 Å². The molecular formula is C29H25N3O4S2. The molecule has 38 heavy (non-hydrogen) atoms. The van der Waals surface area contributed by atoms with Gasteiger partial charge in [-0.05, 0) is 43.5 Å². The van der Waals surface area contributed by atoms with Crippen molar-refractivity contribution in [3.05, 3.63) is 103 Å². The zero-order valence-electron chi connectivity index (χ0n) is 21.1. The number of rotatable bonds is 7. The molecule has 3 aromatic rings. The van der Waals surface area contributed by atoms with Crippen LogP contribution in [0.1, 0.15) is 57.6 Å². The van der Waals surface area contributed by atoms with Crippen LogP contribution < -0.4 is 5.56 Å². The number of hydrogen-bond acceptors (Lipinski definition) is 7. The highest BCUT2D eigenvalue weighted by Gasteiger charge is 2.33. The third-order valence-corrected chi connectivity index (χ3v) is 7.88. The number of Topliss-reactive ketones (excluding diaryl/α,β-unsaturated/α-hetero) is 1. The fourth-order valence-corrected chi connectivity index (χ4v) is 5.65. The van der Waals surface area contributed by atoms with E-state index in [-0.39, 0.29) is 35.6 Å². The first-order chi connectivity index (χ1) is 18.1. The van der Waals surface area contributed by atoms with Crippen molar-refractivity contribution < 1.29 is 14.7 Å². The third kappa shape index (κ3) is 5.19. The first-order valence-corrected chi connectivity index (χ1v) is 13.1. The molecule has 2 aromatic carbocycles. The Morgan fingerprint density at radius 3 is 2.42 bits per heavy atom. The second kappa shape index (κ2) is 11.2. The van der Waals surface area contributed by atoms with Gasteiger partial charge in [-0.15, -0.1) is 0 Å². The number of hydrogen-bond donors (Lipinski definition) is 1. The summed E-state index contributed by atoms with van der Waals surface area (Å²) in [4.78, 5) is 41.3. The van der Waals surface area contributed by atoms with Gasteiger partial charge in [0.15, 0.2) is 5.78 Å². The molecule has 1 aliphatic heterocycles. The van der Waals surface area contributed by atoms with Crippen LogP contribution in [0.3, 0.4) is 0 Å². The van der Waals surface area contributed by atoms with Crippen LogP contribution in [0.4, 0.5) is 0 Å². The van der Waals surface area contributed by atoms with E-state index < -0.39 is 23.3 Å². The largest absolute Gasteiger partial charge is 0.494 e. The average Bonchev–Trinajstić information content (AvgIpc) is 3.16. The van der Waals surface area contributed by atoms with E-state index in [0.717, 1.165) is 21.3 Å². The van der Waals surface area contributed by atoms with E-state index in [1.54, 1.807) is 37.3 Å². The lowest BCUT2D eigenvalue weighted by Crippen LogP contribution is -2.32. The molecule has 1 aromatic heterocycles. The Hall–Kier alpha value is -4.00. The number of pyridine rings is 1. The number of benzene rings is 2. The van der Waals surface area contributed by atoms with Crippen LogP contribution in [-0.2, 0) is 4.79 Å². The topological polar surface area (TPSA) is 103 Å². The van der Waals surface area contributed by atoms with Crippen LogP contribution in [0, 0.1) is 25.2 Å². The highest BCUT2D eigenvalue weighted by Crippen LogP contribution is 2.33. The SMILES string of the molecule is Cc1ccc(/C=C2\SC(=S)N(CCC(=O)c3c(C)c(C#N)c(=O)n(C(C)c4ccccc4)c3O)C2=O)cc1. The summed E-state index contributed by atoms with van der Waals surface area (Å²) in [7, 11) is 0. The van der Waals surface area contributed by atoms with Crippen molar-refractivity contribution in [2.24, 2.45) is 0 Å². The molecule has 7 nitrogen and oxygen atoms in total. The molecule has 1 atom stereocenters. The van der Waals surface area contributed by atoms with E-state index >= 15 is 0 Å². The van der Waals surface area contributed by atoms with Gasteiger partial charge in [-0.2, -0.15) is 5.26 Å². The number of nitriles is 1. The monoisotopic (exact) mass is 543 g/mol. The number of aromatic hydroxyl groups is 1. The Morgan fingerprint density at radius 1 is 1.13 bits per heavy atom. The number of amides is 1. The summed E-state index contributed by atoms with van der Waals surface area (Å²) in [5.41, 5.74) is 1.83. The van der Waals surface area contributed by atoms with Crippen LogP contribution in [0.5, 0.6) is 5.88 Å². The lowest BCUT2D eigenvalue weighted by Gasteiger charge is -2.21.